The van der Waals surface area contributed by atoms with Crippen LogP contribution >= 0.6 is 0 Å². The van der Waals surface area contributed by atoms with Crippen LogP contribution in [0.3, 0.4) is 0 Å². The topological polar surface area (TPSA) is 90.4 Å². The van der Waals surface area contributed by atoms with Crippen molar-refractivity contribution in [1.29, 1.82) is 0 Å². The Bertz CT molecular complexity index is 653. The molecule has 2 rings (SSSR count). The van der Waals surface area contributed by atoms with Gasteiger partial charge in [-0.2, -0.15) is 0 Å². The van der Waals surface area contributed by atoms with Crippen LogP contribution in [0.4, 0.5) is 0 Å². The number of carboxylic acid groups (broad SMARTS) is 1. The summed E-state index contributed by atoms with van der Waals surface area (Å²) in [7, 11) is 0. The highest BCUT2D eigenvalue weighted by Crippen LogP contribution is 2.23. The number of nitrogens with two attached hydrogens (primary N) is 1. The highest BCUT2D eigenvalue weighted by atomic mass is 16.6. The first-order chi connectivity index (χ1) is 11.6. The van der Waals surface area contributed by atoms with Crippen LogP contribution in [-0.2, 0) is 16.1 Å². The molecule has 3 N–H and O–H groups in total. The number of nitrogens with zero attached hydrogens (tertiary/aromatic N) is 2. The first-order valence-corrected chi connectivity index (χ1v) is 7.88. The first kappa shape index (κ1) is 17.9. The Morgan fingerprint density at radius 3 is 2.75 bits per heavy atom. The average molecular weight is 329 g/mol. The largest absolute Gasteiger partial charge is 0.479 e. The molecule has 0 amide bonds. The Hall–Kier alpha value is -2.44. The molecule has 6 nitrogen and oxygen atoms in total. The lowest BCUT2D eigenvalue weighted by atomic mass is 9.98. The molecule has 1 heterocycles. The van der Waals surface area contributed by atoms with Crippen LogP contribution in [-0.4, -0.2) is 26.7 Å². The van der Waals surface area contributed by atoms with Crippen molar-refractivity contribution in [2.75, 3.05) is 0 Å². The van der Waals surface area contributed by atoms with E-state index >= 15 is 0 Å². The number of imidazole rings is 1. The minimum Gasteiger partial charge on any atom is -0.479 e. The lowest BCUT2D eigenvalue weighted by Gasteiger charge is -2.20. The molecule has 0 saturated heterocycles. The zero-order valence-corrected chi connectivity index (χ0v) is 13.7. The van der Waals surface area contributed by atoms with Gasteiger partial charge in [0.25, 0.3) is 0 Å². The van der Waals surface area contributed by atoms with Crippen molar-refractivity contribution < 1.29 is 14.7 Å². The molecule has 128 valence electrons. The lowest BCUT2D eigenvalue weighted by Crippen LogP contribution is -2.26. The Morgan fingerprint density at radius 1 is 1.42 bits per heavy atom. The Labute approximate surface area is 141 Å². The van der Waals surface area contributed by atoms with Crippen molar-refractivity contribution in [1.82, 2.24) is 9.55 Å². The lowest BCUT2D eigenvalue weighted by molar-refractivity contribution is -0.151. The highest BCUT2D eigenvalue weighted by Gasteiger charge is 2.17. The fourth-order valence-corrected chi connectivity index (χ4v) is 2.64. The zero-order chi connectivity index (χ0) is 17.4. The van der Waals surface area contributed by atoms with Gasteiger partial charge < -0.3 is 9.67 Å². The molecular weight excluding hydrogens is 306 g/mol. The molecular formula is C18H23N3O3. The van der Waals surface area contributed by atoms with Crippen molar-refractivity contribution in [3.63, 3.8) is 0 Å². The Kier molecular flexibility index (Phi) is 6.72. The number of carboxylic acids is 1. The summed E-state index contributed by atoms with van der Waals surface area (Å²) in [5, 5.41) is 8.95. The molecule has 24 heavy (non-hydrogen) atoms. The summed E-state index contributed by atoms with van der Waals surface area (Å²) in [6.07, 6.45) is 8.33. The van der Waals surface area contributed by atoms with E-state index in [4.69, 9.17) is 11.0 Å². The van der Waals surface area contributed by atoms with Crippen LogP contribution in [0, 0.1) is 0 Å². The molecule has 2 unspecified atom stereocenters. The van der Waals surface area contributed by atoms with Crippen molar-refractivity contribution in [3.05, 3.63) is 66.3 Å². The van der Waals surface area contributed by atoms with Gasteiger partial charge in [0.1, 0.15) is 0 Å². The van der Waals surface area contributed by atoms with Crippen molar-refractivity contribution in [2.24, 2.45) is 5.90 Å². The van der Waals surface area contributed by atoms with E-state index in [0.29, 0.717) is 12.8 Å². The van der Waals surface area contributed by atoms with Gasteiger partial charge in [-0.1, -0.05) is 42.0 Å². The molecule has 0 fully saturated rings. The van der Waals surface area contributed by atoms with E-state index in [9.17, 15) is 4.79 Å². The second-order valence-corrected chi connectivity index (χ2v) is 5.70. The standard InChI is InChI=1S/C18H23N3O3/c1-14(6-5-9-17(24-19)18(22)23)16(21-11-10-20-13-21)12-15-7-3-2-4-8-15/h2-4,6-8,10-11,13,16-17H,5,9,12,19H2,1H3,(H,22,23)/b14-6+. The predicted molar refractivity (Wildman–Crippen MR) is 91.1 cm³/mol. The summed E-state index contributed by atoms with van der Waals surface area (Å²) in [4.78, 5) is 19.5. The number of allylic oxidation sites excluding steroid dienone is 2. The predicted octanol–water partition coefficient (Wildman–Crippen LogP) is 2.74. The molecule has 0 aliphatic rings. The molecule has 0 spiro atoms. The number of hydrogen-bond donors (Lipinski definition) is 2. The third-order valence-electron chi connectivity index (χ3n) is 4.02. The van der Waals surface area contributed by atoms with E-state index in [-0.39, 0.29) is 6.04 Å². The number of hydrogen-bond acceptors (Lipinski definition) is 4. The highest BCUT2D eigenvalue weighted by molar-refractivity contribution is 5.72. The number of aliphatic carboxylic acids is 1. The minimum atomic E-state index is -1.04. The van der Waals surface area contributed by atoms with Gasteiger partial charge in [0.15, 0.2) is 6.10 Å². The Morgan fingerprint density at radius 2 is 2.17 bits per heavy atom. The summed E-state index contributed by atoms with van der Waals surface area (Å²) >= 11 is 0. The quantitative estimate of drug-likeness (QED) is 0.545. The van der Waals surface area contributed by atoms with E-state index in [1.54, 1.807) is 12.5 Å². The van der Waals surface area contributed by atoms with Gasteiger partial charge in [-0.15, -0.1) is 0 Å². The minimum absolute atomic E-state index is 0.136. The van der Waals surface area contributed by atoms with E-state index < -0.39 is 12.1 Å². The Balaban J connectivity index is 2.08. The van der Waals surface area contributed by atoms with Crippen LogP contribution in [0.5, 0.6) is 0 Å². The molecule has 0 radical (unpaired) electrons. The van der Waals surface area contributed by atoms with Crippen LogP contribution in [0.2, 0.25) is 0 Å². The smallest absolute Gasteiger partial charge is 0.334 e. The maximum Gasteiger partial charge on any atom is 0.334 e. The van der Waals surface area contributed by atoms with Crippen LogP contribution in [0.1, 0.15) is 31.4 Å². The maximum atomic E-state index is 10.9. The third kappa shape index (κ3) is 5.04. The summed E-state index contributed by atoms with van der Waals surface area (Å²) in [5.41, 5.74) is 2.38. The van der Waals surface area contributed by atoms with Gasteiger partial charge in [-0.05, 0) is 31.7 Å². The van der Waals surface area contributed by atoms with Crippen molar-refractivity contribution >= 4 is 5.97 Å². The molecule has 1 aromatic heterocycles. The molecule has 0 aliphatic heterocycles. The van der Waals surface area contributed by atoms with Crippen molar-refractivity contribution in [2.45, 2.75) is 38.3 Å². The van der Waals surface area contributed by atoms with Gasteiger partial charge in [-0.25, -0.2) is 15.7 Å². The molecule has 2 atom stereocenters. The first-order valence-electron chi connectivity index (χ1n) is 7.88. The van der Waals surface area contributed by atoms with E-state index in [1.165, 1.54) is 5.56 Å². The summed E-state index contributed by atoms with van der Waals surface area (Å²) in [6, 6.07) is 10.4. The zero-order valence-electron chi connectivity index (χ0n) is 13.7. The summed E-state index contributed by atoms with van der Waals surface area (Å²) in [6.45, 7) is 2.05. The normalized spacial score (nSPS) is 14.3. The fourth-order valence-electron chi connectivity index (χ4n) is 2.64. The molecule has 0 aliphatic carbocycles. The van der Waals surface area contributed by atoms with Crippen molar-refractivity contribution in [3.8, 4) is 0 Å². The fraction of sp³-hybridized carbons (Fsp3) is 0.333. The van der Waals surface area contributed by atoms with Gasteiger partial charge in [0, 0.05) is 12.4 Å². The van der Waals surface area contributed by atoms with E-state index in [1.807, 2.05) is 37.4 Å². The second kappa shape index (κ2) is 9.00. The van der Waals surface area contributed by atoms with Crippen LogP contribution in [0.15, 0.2) is 60.7 Å². The van der Waals surface area contributed by atoms with Gasteiger partial charge in [-0.3, -0.25) is 4.84 Å². The SMILES string of the molecule is C/C(=C\CCC(ON)C(=O)O)C(Cc1ccccc1)n1ccnc1. The third-order valence-corrected chi connectivity index (χ3v) is 4.02. The molecule has 0 bridgehead atoms. The maximum absolute atomic E-state index is 10.9. The summed E-state index contributed by atoms with van der Waals surface area (Å²) in [5.74, 6) is 3.97. The number of rotatable bonds is 9. The van der Waals surface area contributed by atoms with E-state index in [2.05, 4.69) is 26.5 Å². The molecule has 0 saturated carbocycles. The van der Waals surface area contributed by atoms with Crippen LogP contribution < -0.4 is 5.90 Å². The van der Waals surface area contributed by atoms with Gasteiger partial charge in [0.05, 0.1) is 12.4 Å². The summed E-state index contributed by atoms with van der Waals surface area (Å²) < 4.78 is 2.06. The monoisotopic (exact) mass is 329 g/mol. The van der Waals surface area contributed by atoms with Gasteiger partial charge >= 0.3 is 5.97 Å². The number of aromatic nitrogens is 2. The molecule has 6 heteroatoms. The number of benzene rings is 1. The number of carbonyl (C=O) groups is 1. The average Bonchev–Trinajstić information content (AvgIpc) is 3.11. The molecule has 2 aromatic rings. The van der Waals surface area contributed by atoms with Crippen LogP contribution in [0.25, 0.3) is 0 Å². The van der Waals surface area contributed by atoms with E-state index in [0.717, 1.165) is 12.0 Å². The van der Waals surface area contributed by atoms with Gasteiger partial charge in [0.2, 0.25) is 0 Å². The second-order valence-electron chi connectivity index (χ2n) is 5.70. The molecule has 1 aromatic carbocycles.